The third-order valence-electron chi connectivity index (χ3n) is 4.94. The number of nitrogens with zero attached hydrogens (tertiary/aromatic N) is 5. The molecule has 0 aromatic carbocycles. The summed E-state index contributed by atoms with van der Waals surface area (Å²) < 4.78 is 31.7. The highest BCUT2D eigenvalue weighted by Gasteiger charge is 2.44. The van der Waals surface area contributed by atoms with Gasteiger partial charge in [0.05, 0.1) is 29.3 Å². The lowest BCUT2D eigenvalue weighted by atomic mass is 9.96. The number of carboxylic acid groups (broad SMARTS) is 1. The SMILES string of the molecule is Cc1nc(CN2C(=O)CC[C@@H]3[C@H]2CCN3c2ncccn2)cs1.O=C(O)C(F)(F)F. The molecular formula is C18H20F3N5O3S. The third kappa shape index (κ3) is 5.04. The van der Waals surface area contributed by atoms with Crippen LogP contribution in [0.2, 0.25) is 0 Å². The molecule has 8 nitrogen and oxygen atoms in total. The van der Waals surface area contributed by atoms with E-state index in [0.717, 1.165) is 36.0 Å². The number of thiazole rings is 1. The maximum absolute atomic E-state index is 12.4. The number of amides is 1. The fourth-order valence-corrected chi connectivity index (χ4v) is 4.30. The molecule has 2 aromatic rings. The predicted octanol–water partition coefficient (Wildman–Crippen LogP) is 2.64. The first kappa shape index (κ1) is 21.9. The molecule has 0 aliphatic carbocycles. The molecule has 4 heterocycles. The summed E-state index contributed by atoms with van der Waals surface area (Å²) in [6.07, 6.45) is 0.915. The van der Waals surface area contributed by atoms with Crippen LogP contribution >= 0.6 is 11.3 Å². The Bertz CT molecular complexity index is 893. The molecule has 1 N–H and O–H groups in total. The molecule has 2 aromatic heterocycles. The Balaban J connectivity index is 0.000000318. The number of hydrogen-bond acceptors (Lipinski definition) is 7. The average molecular weight is 443 g/mol. The number of alkyl halides is 3. The first-order valence-electron chi connectivity index (χ1n) is 9.21. The van der Waals surface area contributed by atoms with Crippen LogP contribution in [-0.4, -0.2) is 61.6 Å². The molecule has 0 unspecified atom stereocenters. The van der Waals surface area contributed by atoms with Crippen molar-refractivity contribution in [3.05, 3.63) is 34.5 Å². The topological polar surface area (TPSA) is 99.5 Å². The maximum atomic E-state index is 12.4. The van der Waals surface area contributed by atoms with Gasteiger partial charge in [-0.1, -0.05) is 0 Å². The summed E-state index contributed by atoms with van der Waals surface area (Å²) in [5.41, 5.74) is 0.996. The van der Waals surface area contributed by atoms with E-state index in [1.54, 1.807) is 23.7 Å². The van der Waals surface area contributed by atoms with Crippen LogP contribution in [0.15, 0.2) is 23.8 Å². The van der Waals surface area contributed by atoms with Crippen molar-refractivity contribution < 1.29 is 27.9 Å². The van der Waals surface area contributed by atoms with Crippen molar-refractivity contribution in [2.75, 3.05) is 11.4 Å². The van der Waals surface area contributed by atoms with Crippen LogP contribution in [0, 0.1) is 6.92 Å². The third-order valence-corrected chi connectivity index (χ3v) is 5.76. The number of carboxylic acids is 1. The standard InChI is InChI=1S/C16H19N5OS.C2HF3O2/c1-11-19-12(10-23-11)9-21-14-5-8-20(13(14)3-4-15(21)22)16-17-6-2-7-18-16;3-2(4,5)1(6)7/h2,6-7,10,13-14H,3-5,8-9H2,1H3;(H,6,7)/t13-,14-;/m1./s1. The minimum Gasteiger partial charge on any atom is -0.475 e. The van der Waals surface area contributed by atoms with E-state index >= 15 is 0 Å². The molecule has 0 spiro atoms. The molecule has 4 rings (SSSR count). The number of halogens is 3. The second-order valence-corrected chi connectivity index (χ2v) is 7.95. The van der Waals surface area contributed by atoms with Gasteiger partial charge in [0.1, 0.15) is 0 Å². The Hall–Kier alpha value is -2.76. The van der Waals surface area contributed by atoms with Gasteiger partial charge >= 0.3 is 12.1 Å². The summed E-state index contributed by atoms with van der Waals surface area (Å²) in [6.45, 7) is 3.52. The van der Waals surface area contributed by atoms with Gasteiger partial charge in [0, 0.05) is 30.7 Å². The average Bonchev–Trinajstić information content (AvgIpc) is 3.30. The number of aryl methyl sites for hydroxylation is 1. The van der Waals surface area contributed by atoms with E-state index in [4.69, 9.17) is 9.90 Å². The highest BCUT2D eigenvalue weighted by Crippen LogP contribution is 2.34. The van der Waals surface area contributed by atoms with E-state index < -0.39 is 12.1 Å². The Kier molecular flexibility index (Phi) is 6.54. The van der Waals surface area contributed by atoms with Crippen molar-refractivity contribution in [1.29, 1.82) is 0 Å². The van der Waals surface area contributed by atoms with E-state index in [-0.39, 0.29) is 11.9 Å². The number of hydrogen-bond donors (Lipinski definition) is 1. The highest BCUT2D eigenvalue weighted by atomic mass is 32.1. The lowest BCUT2D eigenvalue weighted by Crippen LogP contribution is -2.52. The summed E-state index contributed by atoms with van der Waals surface area (Å²) in [4.78, 5) is 38.9. The van der Waals surface area contributed by atoms with Gasteiger partial charge in [-0.25, -0.2) is 19.7 Å². The summed E-state index contributed by atoms with van der Waals surface area (Å²) in [5.74, 6) is -1.74. The van der Waals surface area contributed by atoms with Gasteiger partial charge in [-0.05, 0) is 25.8 Å². The number of aromatic nitrogens is 3. The number of aliphatic carboxylic acids is 1. The second-order valence-electron chi connectivity index (χ2n) is 6.89. The van der Waals surface area contributed by atoms with Crippen molar-refractivity contribution in [3.63, 3.8) is 0 Å². The largest absolute Gasteiger partial charge is 0.490 e. The number of carbonyl (C=O) groups excluding carboxylic acids is 1. The molecule has 2 saturated heterocycles. The van der Waals surface area contributed by atoms with Crippen molar-refractivity contribution in [2.45, 2.75) is 51.0 Å². The Morgan fingerprint density at radius 2 is 1.93 bits per heavy atom. The number of fused-ring (bicyclic) bond motifs is 1. The van der Waals surface area contributed by atoms with E-state index in [1.165, 1.54) is 0 Å². The smallest absolute Gasteiger partial charge is 0.475 e. The van der Waals surface area contributed by atoms with E-state index in [9.17, 15) is 18.0 Å². The molecule has 12 heteroatoms. The molecule has 1 amide bonds. The first-order valence-corrected chi connectivity index (χ1v) is 10.1. The zero-order valence-electron chi connectivity index (χ0n) is 16.0. The predicted molar refractivity (Wildman–Crippen MR) is 102 cm³/mol. The van der Waals surface area contributed by atoms with Gasteiger partial charge in [0.15, 0.2) is 0 Å². The zero-order valence-corrected chi connectivity index (χ0v) is 16.9. The lowest BCUT2D eigenvalue weighted by Gasteiger charge is -2.39. The van der Waals surface area contributed by atoms with Crippen LogP contribution in [-0.2, 0) is 16.1 Å². The molecule has 2 fully saturated rings. The van der Waals surface area contributed by atoms with Crippen LogP contribution in [0.3, 0.4) is 0 Å². The lowest BCUT2D eigenvalue weighted by molar-refractivity contribution is -0.192. The van der Waals surface area contributed by atoms with Crippen molar-refractivity contribution in [1.82, 2.24) is 19.9 Å². The molecule has 2 atom stereocenters. The Morgan fingerprint density at radius 1 is 1.27 bits per heavy atom. The van der Waals surface area contributed by atoms with Crippen LogP contribution in [0.5, 0.6) is 0 Å². The summed E-state index contributed by atoms with van der Waals surface area (Å²) in [5, 5.41) is 10.2. The minimum absolute atomic E-state index is 0.238. The van der Waals surface area contributed by atoms with Crippen molar-refractivity contribution in [2.24, 2.45) is 0 Å². The Morgan fingerprint density at radius 3 is 2.50 bits per heavy atom. The van der Waals surface area contributed by atoms with Crippen LogP contribution in [0.4, 0.5) is 19.1 Å². The van der Waals surface area contributed by atoms with Gasteiger partial charge in [0.2, 0.25) is 11.9 Å². The van der Waals surface area contributed by atoms with Crippen molar-refractivity contribution in [3.8, 4) is 0 Å². The van der Waals surface area contributed by atoms with Gasteiger partial charge in [-0.3, -0.25) is 4.79 Å². The number of carbonyl (C=O) groups is 2. The van der Waals surface area contributed by atoms with Crippen LogP contribution in [0.25, 0.3) is 0 Å². The zero-order chi connectivity index (χ0) is 21.9. The summed E-state index contributed by atoms with van der Waals surface area (Å²) >= 11 is 1.64. The molecule has 0 saturated carbocycles. The molecule has 2 aliphatic heterocycles. The fraction of sp³-hybridized carbons (Fsp3) is 0.500. The molecule has 2 aliphatic rings. The van der Waals surface area contributed by atoms with Gasteiger partial charge in [0.25, 0.3) is 0 Å². The summed E-state index contributed by atoms with van der Waals surface area (Å²) in [6, 6.07) is 2.38. The van der Waals surface area contributed by atoms with Gasteiger partial charge in [-0.2, -0.15) is 13.2 Å². The summed E-state index contributed by atoms with van der Waals surface area (Å²) in [7, 11) is 0. The van der Waals surface area contributed by atoms with Crippen molar-refractivity contribution >= 4 is 29.2 Å². The van der Waals surface area contributed by atoms with E-state index in [1.807, 2.05) is 17.9 Å². The number of likely N-dealkylation sites (tertiary alicyclic amines) is 1. The van der Waals surface area contributed by atoms with Crippen LogP contribution in [0.1, 0.15) is 30.0 Å². The molecular weight excluding hydrogens is 423 g/mol. The Labute approximate surface area is 174 Å². The van der Waals surface area contributed by atoms with Crippen LogP contribution < -0.4 is 4.90 Å². The number of piperidine rings is 1. The molecule has 0 radical (unpaired) electrons. The first-order chi connectivity index (χ1) is 14.2. The van der Waals surface area contributed by atoms with E-state index in [0.29, 0.717) is 19.0 Å². The number of rotatable bonds is 3. The molecule has 30 heavy (non-hydrogen) atoms. The maximum Gasteiger partial charge on any atom is 0.490 e. The fourth-order valence-electron chi connectivity index (χ4n) is 3.70. The molecule has 0 bridgehead atoms. The number of anilines is 1. The highest BCUT2D eigenvalue weighted by molar-refractivity contribution is 7.09. The van der Waals surface area contributed by atoms with Gasteiger partial charge in [-0.15, -0.1) is 11.3 Å². The monoisotopic (exact) mass is 443 g/mol. The second kappa shape index (κ2) is 8.94. The van der Waals surface area contributed by atoms with Gasteiger partial charge < -0.3 is 14.9 Å². The molecule has 162 valence electrons. The minimum atomic E-state index is -5.08. The van der Waals surface area contributed by atoms with E-state index in [2.05, 4.69) is 25.2 Å². The quantitative estimate of drug-likeness (QED) is 0.779. The normalized spacial score (nSPS) is 21.1.